The molecule has 1 unspecified atom stereocenters. The summed E-state index contributed by atoms with van der Waals surface area (Å²) in [6, 6.07) is 12.9. The smallest absolute Gasteiger partial charge is 0.111 e. The van der Waals surface area contributed by atoms with Crippen molar-refractivity contribution in [2.75, 3.05) is 5.88 Å². The van der Waals surface area contributed by atoms with Gasteiger partial charge in [-0.3, -0.25) is 4.98 Å². The van der Waals surface area contributed by atoms with Gasteiger partial charge in [-0.2, -0.15) is 0 Å². The molecule has 3 aromatic rings. The highest BCUT2D eigenvalue weighted by Crippen LogP contribution is 2.23. The summed E-state index contributed by atoms with van der Waals surface area (Å²) in [7, 11) is 0. The second-order valence-electron chi connectivity index (χ2n) is 5.24. The van der Waals surface area contributed by atoms with Crippen molar-refractivity contribution in [3.05, 3.63) is 60.2 Å². The maximum atomic E-state index is 5.93. The summed E-state index contributed by atoms with van der Waals surface area (Å²) in [6.45, 7) is 2.23. The summed E-state index contributed by atoms with van der Waals surface area (Å²) >= 11 is 5.93. The Morgan fingerprint density at radius 2 is 2.00 bits per heavy atom. The number of imidazole rings is 1. The van der Waals surface area contributed by atoms with E-state index in [-0.39, 0.29) is 0 Å². The molecule has 0 aliphatic rings. The molecule has 0 fully saturated rings. The largest absolute Gasteiger partial charge is 0.325 e. The van der Waals surface area contributed by atoms with Crippen LogP contribution in [0.25, 0.3) is 11.0 Å². The molecule has 0 N–H and O–H groups in total. The lowest BCUT2D eigenvalue weighted by molar-refractivity contribution is 0.537. The average molecular weight is 300 g/mol. The third kappa shape index (κ3) is 2.93. The summed E-state index contributed by atoms with van der Waals surface area (Å²) < 4.78 is 2.30. The molecule has 21 heavy (non-hydrogen) atoms. The lowest BCUT2D eigenvalue weighted by Gasteiger charge is -2.17. The van der Waals surface area contributed by atoms with Crippen molar-refractivity contribution >= 4 is 22.6 Å². The van der Waals surface area contributed by atoms with E-state index in [0.29, 0.717) is 11.9 Å². The zero-order valence-electron chi connectivity index (χ0n) is 12.0. The Morgan fingerprint density at radius 1 is 1.19 bits per heavy atom. The Kier molecular flexibility index (Phi) is 4.20. The van der Waals surface area contributed by atoms with Crippen molar-refractivity contribution in [2.24, 2.45) is 0 Å². The number of aromatic nitrogens is 3. The van der Waals surface area contributed by atoms with E-state index in [1.54, 1.807) is 0 Å². The SMILES string of the molecule is CC(Cc1ccccc1)n1c(CCCl)nc2cnccc21. The zero-order chi connectivity index (χ0) is 14.7. The topological polar surface area (TPSA) is 30.7 Å². The highest BCUT2D eigenvalue weighted by atomic mass is 35.5. The van der Waals surface area contributed by atoms with Gasteiger partial charge in [0, 0.05) is 24.5 Å². The molecule has 0 radical (unpaired) electrons. The van der Waals surface area contributed by atoms with E-state index >= 15 is 0 Å². The van der Waals surface area contributed by atoms with Crippen molar-refractivity contribution < 1.29 is 0 Å². The molecule has 3 rings (SSSR count). The van der Waals surface area contributed by atoms with E-state index in [1.165, 1.54) is 5.56 Å². The van der Waals surface area contributed by atoms with Crippen LogP contribution in [0.15, 0.2) is 48.8 Å². The van der Waals surface area contributed by atoms with Crippen LogP contribution < -0.4 is 0 Å². The number of pyridine rings is 1. The maximum Gasteiger partial charge on any atom is 0.111 e. The molecule has 0 saturated carbocycles. The van der Waals surface area contributed by atoms with E-state index in [9.17, 15) is 0 Å². The van der Waals surface area contributed by atoms with Crippen LogP contribution in [0.4, 0.5) is 0 Å². The number of hydrogen-bond donors (Lipinski definition) is 0. The van der Waals surface area contributed by atoms with Gasteiger partial charge in [0.2, 0.25) is 0 Å². The van der Waals surface area contributed by atoms with Gasteiger partial charge in [-0.05, 0) is 25.0 Å². The lowest BCUT2D eigenvalue weighted by Crippen LogP contribution is -2.12. The van der Waals surface area contributed by atoms with Crippen molar-refractivity contribution in [1.82, 2.24) is 14.5 Å². The standard InChI is InChI=1S/C17H18ClN3/c1-13(11-14-5-3-2-4-6-14)21-16-8-10-19-12-15(16)20-17(21)7-9-18/h2-6,8,10,12-13H,7,9,11H2,1H3. The van der Waals surface area contributed by atoms with Gasteiger partial charge in [0.15, 0.2) is 0 Å². The molecular weight excluding hydrogens is 282 g/mol. The van der Waals surface area contributed by atoms with Crippen LogP contribution in [-0.2, 0) is 12.8 Å². The number of aryl methyl sites for hydroxylation is 1. The minimum atomic E-state index is 0.331. The van der Waals surface area contributed by atoms with Crippen LogP contribution in [0, 0.1) is 0 Å². The van der Waals surface area contributed by atoms with Gasteiger partial charge in [0.05, 0.1) is 11.7 Å². The first-order valence-electron chi connectivity index (χ1n) is 7.20. The first-order valence-corrected chi connectivity index (χ1v) is 7.73. The van der Waals surface area contributed by atoms with Crippen molar-refractivity contribution in [2.45, 2.75) is 25.8 Å². The van der Waals surface area contributed by atoms with E-state index in [1.807, 2.05) is 24.5 Å². The predicted octanol–water partition coefficient (Wildman–Crippen LogP) is 4.02. The Balaban J connectivity index is 1.99. The Labute approximate surface area is 129 Å². The van der Waals surface area contributed by atoms with Crippen LogP contribution in [0.2, 0.25) is 0 Å². The van der Waals surface area contributed by atoms with Crippen LogP contribution in [0.3, 0.4) is 0 Å². The second kappa shape index (κ2) is 6.27. The van der Waals surface area contributed by atoms with Crippen LogP contribution in [0.5, 0.6) is 0 Å². The molecule has 2 aromatic heterocycles. The monoisotopic (exact) mass is 299 g/mol. The molecule has 0 spiro atoms. The van der Waals surface area contributed by atoms with Gasteiger partial charge in [0.1, 0.15) is 11.3 Å². The fourth-order valence-electron chi connectivity index (χ4n) is 2.80. The molecule has 3 nitrogen and oxygen atoms in total. The predicted molar refractivity (Wildman–Crippen MR) is 86.8 cm³/mol. The Bertz CT molecular complexity index is 721. The normalized spacial score (nSPS) is 12.7. The molecule has 0 aliphatic heterocycles. The summed E-state index contributed by atoms with van der Waals surface area (Å²) in [5, 5.41) is 0. The van der Waals surface area contributed by atoms with E-state index in [0.717, 1.165) is 29.7 Å². The molecule has 0 amide bonds. The summed E-state index contributed by atoms with van der Waals surface area (Å²) in [5.74, 6) is 1.62. The Hall–Kier alpha value is -1.87. The maximum absolute atomic E-state index is 5.93. The third-order valence-electron chi connectivity index (χ3n) is 3.70. The molecule has 0 saturated heterocycles. The van der Waals surface area contributed by atoms with Gasteiger partial charge in [-0.15, -0.1) is 11.6 Å². The van der Waals surface area contributed by atoms with Crippen LogP contribution in [-0.4, -0.2) is 20.4 Å². The third-order valence-corrected chi connectivity index (χ3v) is 3.89. The summed E-state index contributed by atoms with van der Waals surface area (Å²) in [5.41, 5.74) is 3.41. The number of benzene rings is 1. The zero-order valence-corrected chi connectivity index (χ0v) is 12.8. The van der Waals surface area contributed by atoms with E-state index < -0.39 is 0 Å². The van der Waals surface area contributed by atoms with Gasteiger partial charge < -0.3 is 4.57 Å². The van der Waals surface area contributed by atoms with Gasteiger partial charge in [-0.25, -0.2) is 4.98 Å². The number of alkyl halides is 1. The van der Waals surface area contributed by atoms with Gasteiger partial charge in [0.25, 0.3) is 0 Å². The highest BCUT2D eigenvalue weighted by Gasteiger charge is 2.15. The minimum Gasteiger partial charge on any atom is -0.325 e. The number of hydrogen-bond acceptors (Lipinski definition) is 2. The van der Waals surface area contributed by atoms with Crippen molar-refractivity contribution in [3.8, 4) is 0 Å². The fraction of sp³-hybridized carbons (Fsp3) is 0.294. The molecule has 1 atom stereocenters. The number of nitrogens with zero attached hydrogens (tertiary/aromatic N) is 3. The quantitative estimate of drug-likeness (QED) is 0.666. The molecule has 2 heterocycles. The van der Waals surface area contributed by atoms with Crippen LogP contribution >= 0.6 is 11.6 Å². The van der Waals surface area contributed by atoms with Gasteiger partial charge in [-0.1, -0.05) is 30.3 Å². The summed E-state index contributed by atoms with van der Waals surface area (Å²) in [4.78, 5) is 8.84. The summed E-state index contributed by atoms with van der Waals surface area (Å²) in [6.07, 6.45) is 5.39. The molecule has 108 valence electrons. The molecule has 0 bridgehead atoms. The fourth-order valence-corrected chi connectivity index (χ4v) is 2.97. The molecule has 0 aliphatic carbocycles. The van der Waals surface area contributed by atoms with E-state index in [4.69, 9.17) is 11.6 Å². The number of rotatable bonds is 5. The lowest BCUT2D eigenvalue weighted by atomic mass is 10.1. The van der Waals surface area contributed by atoms with E-state index in [2.05, 4.69) is 45.7 Å². The Morgan fingerprint density at radius 3 is 2.76 bits per heavy atom. The average Bonchev–Trinajstić information content (AvgIpc) is 2.86. The first kappa shape index (κ1) is 14.1. The number of halogens is 1. The molecule has 1 aromatic carbocycles. The number of fused-ring (bicyclic) bond motifs is 1. The molecular formula is C17H18ClN3. The molecule has 4 heteroatoms. The highest BCUT2D eigenvalue weighted by molar-refractivity contribution is 6.17. The first-order chi connectivity index (χ1) is 10.3. The van der Waals surface area contributed by atoms with Crippen molar-refractivity contribution in [1.29, 1.82) is 0 Å². The second-order valence-corrected chi connectivity index (χ2v) is 5.62. The van der Waals surface area contributed by atoms with Crippen molar-refractivity contribution in [3.63, 3.8) is 0 Å². The minimum absolute atomic E-state index is 0.331. The van der Waals surface area contributed by atoms with Gasteiger partial charge >= 0.3 is 0 Å². The van der Waals surface area contributed by atoms with Crippen LogP contribution in [0.1, 0.15) is 24.4 Å².